The van der Waals surface area contributed by atoms with E-state index in [0.717, 1.165) is 23.1 Å². The van der Waals surface area contributed by atoms with Crippen LogP contribution in [0.4, 0.5) is 0 Å². The minimum Gasteiger partial charge on any atom is -0.477 e. The Morgan fingerprint density at radius 2 is 2.23 bits per heavy atom. The number of hydrogen-bond donors (Lipinski definition) is 3. The monoisotopic (exact) mass is 412 g/mol. The van der Waals surface area contributed by atoms with Crippen LogP contribution in [-0.4, -0.2) is 29.1 Å². The van der Waals surface area contributed by atoms with E-state index in [1.54, 1.807) is 6.07 Å². The van der Waals surface area contributed by atoms with E-state index >= 15 is 0 Å². The van der Waals surface area contributed by atoms with E-state index in [2.05, 4.69) is 32.9 Å². The second-order valence-corrected chi connectivity index (χ2v) is 6.90. The summed E-state index contributed by atoms with van der Waals surface area (Å²) < 4.78 is 1.02. The summed E-state index contributed by atoms with van der Waals surface area (Å²) >= 11 is 2.23. The molecule has 3 rings (SSSR count). The first-order chi connectivity index (χ1) is 10.6. The summed E-state index contributed by atoms with van der Waals surface area (Å²) in [5.74, 6) is -0.583. The van der Waals surface area contributed by atoms with Crippen LogP contribution >= 0.6 is 22.6 Å². The number of aromatic carboxylic acids is 1. The van der Waals surface area contributed by atoms with Crippen molar-refractivity contribution in [3.05, 3.63) is 43.2 Å². The lowest BCUT2D eigenvalue weighted by Crippen LogP contribution is -2.31. The molecule has 22 heavy (non-hydrogen) atoms. The number of hydrogen-bond acceptors (Lipinski definition) is 3. The van der Waals surface area contributed by atoms with Crippen molar-refractivity contribution in [1.82, 2.24) is 10.3 Å². The molecule has 1 unspecified atom stereocenters. The van der Waals surface area contributed by atoms with Gasteiger partial charge in [0.15, 0.2) is 0 Å². The first kappa shape index (κ1) is 15.5. The number of carboxylic acids is 1. The van der Waals surface area contributed by atoms with Crippen LogP contribution in [0.1, 0.15) is 28.8 Å². The molecule has 1 aromatic heterocycles. The van der Waals surface area contributed by atoms with Gasteiger partial charge in [0.1, 0.15) is 5.56 Å². The summed E-state index contributed by atoms with van der Waals surface area (Å²) in [6, 6.07) is 3.78. The molecule has 2 heterocycles. The predicted octanol–water partition coefficient (Wildman–Crippen LogP) is 2.37. The summed E-state index contributed by atoms with van der Waals surface area (Å²) in [4.78, 5) is 26.2. The number of H-pyrrole nitrogens is 1. The van der Waals surface area contributed by atoms with Gasteiger partial charge in [0.05, 0.1) is 0 Å². The van der Waals surface area contributed by atoms with Gasteiger partial charge in [0.25, 0.3) is 0 Å². The van der Waals surface area contributed by atoms with Crippen LogP contribution in [0.15, 0.2) is 23.1 Å². The highest BCUT2D eigenvalue weighted by Crippen LogP contribution is 2.24. The first-order valence-electron chi connectivity index (χ1n) is 7.34. The van der Waals surface area contributed by atoms with Crippen molar-refractivity contribution in [2.45, 2.75) is 19.3 Å². The number of carbonyl (C=O) groups is 1. The number of fused-ring (bicyclic) bond motifs is 1. The summed E-state index contributed by atoms with van der Waals surface area (Å²) in [5.41, 5.74) is 1.27. The number of benzene rings is 1. The molecular formula is C16H17IN2O3. The molecule has 116 valence electrons. The molecule has 6 heteroatoms. The van der Waals surface area contributed by atoms with E-state index in [9.17, 15) is 9.59 Å². The van der Waals surface area contributed by atoms with E-state index in [-0.39, 0.29) is 5.56 Å². The first-order valence-corrected chi connectivity index (χ1v) is 8.42. The molecule has 2 aromatic rings. The number of aromatic nitrogens is 1. The third-order valence-electron chi connectivity index (χ3n) is 4.19. The average molecular weight is 412 g/mol. The summed E-state index contributed by atoms with van der Waals surface area (Å²) in [6.45, 7) is 2.12. The zero-order chi connectivity index (χ0) is 15.7. The summed E-state index contributed by atoms with van der Waals surface area (Å²) in [7, 11) is 0. The fraction of sp³-hybridized carbons (Fsp3) is 0.375. The number of rotatable bonds is 3. The molecular weight excluding hydrogens is 395 g/mol. The minimum absolute atomic E-state index is 0.215. The SMILES string of the molecule is O=C(O)c1c[nH]c2cc(CC3CCCNC3)c(I)cc2c1=O. The van der Waals surface area contributed by atoms with Crippen LogP contribution in [-0.2, 0) is 6.42 Å². The van der Waals surface area contributed by atoms with Crippen LogP contribution in [0.25, 0.3) is 10.9 Å². The molecule has 1 fully saturated rings. The average Bonchev–Trinajstić information content (AvgIpc) is 2.50. The molecule has 0 bridgehead atoms. The summed E-state index contributed by atoms with van der Waals surface area (Å²) in [5, 5.41) is 12.9. The topological polar surface area (TPSA) is 82.2 Å². The molecule has 1 aromatic carbocycles. The summed E-state index contributed by atoms with van der Waals surface area (Å²) in [6.07, 6.45) is 4.68. The molecule has 0 spiro atoms. The molecule has 0 saturated carbocycles. The molecule has 5 nitrogen and oxygen atoms in total. The Bertz CT molecular complexity index is 779. The maximum Gasteiger partial charge on any atom is 0.341 e. The molecule has 1 saturated heterocycles. The number of nitrogens with one attached hydrogen (secondary N) is 2. The zero-order valence-electron chi connectivity index (χ0n) is 12.0. The highest BCUT2D eigenvalue weighted by Gasteiger charge is 2.17. The standard InChI is InChI=1S/C16H17IN2O3/c17-13-6-11-14(19-8-12(15(11)20)16(21)22)5-10(13)4-9-2-1-3-18-7-9/h5-6,8-9,18H,1-4,7H2,(H,19,20)(H,21,22). The number of piperidine rings is 1. The largest absolute Gasteiger partial charge is 0.477 e. The minimum atomic E-state index is -1.20. The molecule has 1 aliphatic heterocycles. The smallest absolute Gasteiger partial charge is 0.341 e. The quantitative estimate of drug-likeness (QED) is 0.677. The molecule has 0 aliphatic carbocycles. The fourth-order valence-corrected chi connectivity index (χ4v) is 3.70. The molecule has 3 N–H and O–H groups in total. The van der Waals surface area contributed by atoms with Gasteiger partial charge < -0.3 is 15.4 Å². The molecule has 0 amide bonds. The van der Waals surface area contributed by atoms with Crippen LogP contribution in [0.2, 0.25) is 0 Å². The second kappa shape index (κ2) is 6.37. The highest BCUT2D eigenvalue weighted by molar-refractivity contribution is 14.1. The van der Waals surface area contributed by atoms with E-state index in [4.69, 9.17) is 5.11 Å². The van der Waals surface area contributed by atoms with Crippen LogP contribution in [0, 0.1) is 9.49 Å². The van der Waals surface area contributed by atoms with Crippen molar-refractivity contribution in [2.75, 3.05) is 13.1 Å². The van der Waals surface area contributed by atoms with Crippen LogP contribution in [0.3, 0.4) is 0 Å². The number of halogens is 1. The Hall–Kier alpha value is -1.41. The van der Waals surface area contributed by atoms with E-state index in [1.807, 2.05) is 6.07 Å². The van der Waals surface area contributed by atoms with Gasteiger partial charge in [-0.1, -0.05) is 0 Å². The lowest BCUT2D eigenvalue weighted by molar-refractivity contribution is 0.0695. The molecule has 1 atom stereocenters. The Labute approximate surface area is 141 Å². The second-order valence-electron chi connectivity index (χ2n) is 5.74. The Kier molecular flexibility index (Phi) is 4.49. The molecule has 1 aliphatic rings. The van der Waals surface area contributed by atoms with Gasteiger partial charge >= 0.3 is 5.97 Å². The fourth-order valence-electron chi connectivity index (χ4n) is 3.01. The Balaban J connectivity index is 2.00. The van der Waals surface area contributed by atoms with Gasteiger partial charge in [-0.05, 0) is 78.6 Å². The number of aromatic amines is 1. The van der Waals surface area contributed by atoms with Gasteiger partial charge in [-0.15, -0.1) is 0 Å². The van der Waals surface area contributed by atoms with E-state index < -0.39 is 11.4 Å². The van der Waals surface area contributed by atoms with Gasteiger partial charge in [-0.2, -0.15) is 0 Å². The van der Waals surface area contributed by atoms with Crippen molar-refractivity contribution < 1.29 is 9.90 Å². The Morgan fingerprint density at radius 3 is 2.91 bits per heavy atom. The maximum atomic E-state index is 12.2. The van der Waals surface area contributed by atoms with E-state index in [1.165, 1.54) is 24.6 Å². The van der Waals surface area contributed by atoms with Gasteiger partial charge in [-0.3, -0.25) is 4.79 Å². The lowest BCUT2D eigenvalue weighted by Gasteiger charge is -2.23. The normalized spacial score (nSPS) is 18.5. The Morgan fingerprint density at radius 1 is 1.41 bits per heavy atom. The lowest BCUT2D eigenvalue weighted by atomic mass is 9.92. The third-order valence-corrected chi connectivity index (χ3v) is 5.19. The molecule has 0 radical (unpaired) electrons. The van der Waals surface area contributed by atoms with Crippen molar-refractivity contribution in [1.29, 1.82) is 0 Å². The van der Waals surface area contributed by atoms with Crippen LogP contribution < -0.4 is 10.7 Å². The van der Waals surface area contributed by atoms with Gasteiger partial charge in [-0.25, -0.2) is 4.79 Å². The van der Waals surface area contributed by atoms with Gasteiger partial charge in [0.2, 0.25) is 5.43 Å². The van der Waals surface area contributed by atoms with Crippen molar-refractivity contribution in [3.63, 3.8) is 0 Å². The van der Waals surface area contributed by atoms with Crippen molar-refractivity contribution in [3.8, 4) is 0 Å². The highest BCUT2D eigenvalue weighted by atomic mass is 127. The van der Waals surface area contributed by atoms with Crippen LogP contribution in [0.5, 0.6) is 0 Å². The van der Waals surface area contributed by atoms with Crippen molar-refractivity contribution in [2.24, 2.45) is 5.92 Å². The number of pyridine rings is 1. The van der Waals surface area contributed by atoms with Gasteiger partial charge in [0, 0.05) is 20.7 Å². The number of carboxylic acid groups (broad SMARTS) is 1. The van der Waals surface area contributed by atoms with E-state index in [0.29, 0.717) is 16.8 Å². The maximum absolute atomic E-state index is 12.2. The zero-order valence-corrected chi connectivity index (χ0v) is 14.1. The third kappa shape index (κ3) is 3.03. The predicted molar refractivity (Wildman–Crippen MR) is 93.5 cm³/mol. The van der Waals surface area contributed by atoms with Crippen molar-refractivity contribution >= 4 is 39.5 Å².